The van der Waals surface area contributed by atoms with Crippen LogP contribution in [0.2, 0.25) is 0 Å². The second-order valence-corrected chi connectivity index (χ2v) is 5.69. The summed E-state index contributed by atoms with van der Waals surface area (Å²) in [6.07, 6.45) is 2.84. The largest absolute Gasteiger partial charge is 0.489 e. The second-order valence-electron chi connectivity index (χ2n) is 5.39. The molecular weight excluding hydrogens is 312 g/mol. The number of alkyl halides is 1. The summed E-state index contributed by atoms with van der Waals surface area (Å²) >= 11 is 5.55. The van der Waals surface area contributed by atoms with E-state index in [9.17, 15) is 5.11 Å². The summed E-state index contributed by atoms with van der Waals surface area (Å²) in [5.41, 5.74) is 4.01. The van der Waals surface area contributed by atoms with Crippen molar-refractivity contribution >= 4 is 22.5 Å². The number of aliphatic hydroxyl groups is 1. The molecule has 1 N–H and O–H groups in total. The highest BCUT2D eigenvalue weighted by Crippen LogP contribution is 2.25. The van der Waals surface area contributed by atoms with Crippen molar-refractivity contribution in [1.29, 1.82) is 0 Å². The van der Waals surface area contributed by atoms with Gasteiger partial charge in [0.1, 0.15) is 18.5 Å². The second kappa shape index (κ2) is 6.94. The monoisotopic (exact) mass is 328 g/mol. The number of rotatable bonds is 5. The van der Waals surface area contributed by atoms with Crippen molar-refractivity contribution in [3.8, 4) is 16.9 Å². The summed E-state index contributed by atoms with van der Waals surface area (Å²) in [4.78, 5) is 8.75. The fourth-order valence-corrected chi connectivity index (χ4v) is 2.32. The first-order chi connectivity index (χ1) is 11.2. The Morgan fingerprint density at radius 3 is 2.65 bits per heavy atom. The van der Waals surface area contributed by atoms with E-state index >= 15 is 0 Å². The first kappa shape index (κ1) is 15.7. The molecule has 1 atom stereocenters. The molecule has 0 amide bonds. The van der Waals surface area contributed by atoms with Gasteiger partial charge in [0.05, 0.1) is 17.6 Å². The van der Waals surface area contributed by atoms with E-state index < -0.39 is 6.10 Å². The zero-order valence-electron chi connectivity index (χ0n) is 12.7. The molecule has 0 saturated heterocycles. The van der Waals surface area contributed by atoms with E-state index in [1.165, 1.54) is 0 Å². The summed E-state index contributed by atoms with van der Waals surface area (Å²) in [6.45, 7) is 2.12. The fraction of sp³-hybridized carbons (Fsp3) is 0.222. The number of ether oxygens (including phenoxy) is 1. The van der Waals surface area contributed by atoms with E-state index in [0.29, 0.717) is 5.75 Å². The Morgan fingerprint density at radius 1 is 1.09 bits per heavy atom. The first-order valence-electron chi connectivity index (χ1n) is 7.35. The van der Waals surface area contributed by atoms with Gasteiger partial charge in [-0.15, -0.1) is 11.6 Å². The molecule has 1 aromatic carbocycles. The van der Waals surface area contributed by atoms with Gasteiger partial charge in [-0.3, -0.25) is 9.97 Å². The van der Waals surface area contributed by atoms with Gasteiger partial charge in [0.15, 0.2) is 0 Å². The highest BCUT2D eigenvalue weighted by atomic mass is 35.5. The molecule has 0 spiro atoms. The minimum atomic E-state index is -0.677. The average Bonchev–Trinajstić information content (AvgIpc) is 2.59. The SMILES string of the molecule is Cc1ccc(-c2ccc3cc(OCC(O)CCl)cnc3c2)cn1. The Kier molecular flexibility index (Phi) is 4.74. The first-order valence-corrected chi connectivity index (χ1v) is 7.89. The molecule has 0 aliphatic heterocycles. The van der Waals surface area contributed by atoms with Gasteiger partial charge >= 0.3 is 0 Å². The summed E-state index contributed by atoms with van der Waals surface area (Å²) in [6, 6.07) is 12.0. The van der Waals surface area contributed by atoms with Crippen LogP contribution in [0.25, 0.3) is 22.0 Å². The van der Waals surface area contributed by atoms with Crippen LogP contribution in [0.15, 0.2) is 48.8 Å². The molecule has 3 aromatic rings. The third-order valence-electron chi connectivity index (χ3n) is 3.52. The molecule has 0 fully saturated rings. The van der Waals surface area contributed by atoms with Crippen molar-refractivity contribution in [3.63, 3.8) is 0 Å². The van der Waals surface area contributed by atoms with Gasteiger partial charge in [0.25, 0.3) is 0 Å². The van der Waals surface area contributed by atoms with Gasteiger partial charge in [-0.2, -0.15) is 0 Å². The molecule has 2 aromatic heterocycles. The van der Waals surface area contributed by atoms with E-state index in [-0.39, 0.29) is 12.5 Å². The number of pyridine rings is 2. The third-order valence-corrected chi connectivity index (χ3v) is 3.88. The summed E-state index contributed by atoms with van der Waals surface area (Å²) in [7, 11) is 0. The lowest BCUT2D eigenvalue weighted by Gasteiger charge is -2.10. The Bertz CT molecular complexity index is 806. The Labute approximate surface area is 139 Å². The van der Waals surface area contributed by atoms with Crippen LogP contribution in [0, 0.1) is 6.92 Å². The zero-order chi connectivity index (χ0) is 16.2. The molecule has 0 aliphatic rings. The molecule has 3 rings (SSSR count). The Balaban J connectivity index is 1.85. The maximum absolute atomic E-state index is 9.43. The predicted molar refractivity (Wildman–Crippen MR) is 91.9 cm³/mol. The standard InChI is InChI=1S/C18H17ClN2O2/c1-12-2-3-15(9-20-12)13-4-5-14-6-17(10-21-18(14)7-13)23-11-16(22)8-19/h2-7,9-10,16,22H,8,11H2,1H3. The molecule has 23 heavy (non-hydrogen) atoms. The van der Waals surface area contributed by atoms with Crippen LogP contribution in [0.1, 0.15) is 5.69 Å². The van der Waals surface area contributed by atoms with Crippen LogP contribution in [-0.2, 0) is 0 Å². The molecule has 0 saturated carbocycles. The smallest absolute Gasteiger partial charge is 0.138 e. The maximum Gasteiger partial charge on any atom is 0.138 e. The topological polar surface area (TPSA) is 55.2 Å². The van der Waals surface area contributed by atoms with Gasteiger partial charge in [0.2, 0.25) is 0 Å². The number of aryl methyl sites for hydroxylation is 1. The third kappa shape index (κ3) is 3.78. The maximum atomic E-state index is 9.43. The van der Waals surface area contributed by atoms with Gasteiger partial charge in [-0.1, -0.05) is 18.2 Å². The average molecular weight is 329 g/mol. The van der Waals surface area contributed by atoms with Crippen molar-refractivity contribution in [2.75, 3.05) is 12.5 Å². The number of aliphatic hydroxyl groups excluding tert-OH is 1. The number of aromatic nitrogens is 2. The van der Waals surface area contributed by atoms with E-state index in [2.05, 4.69) is 16.0 Å². The van der Waals surface area contributed by atoms with Crippen molar-refractivity contribution < 1.29 is 9.84 Å². The summed E-state index contributed by atoms with van der Waals surface area (Å²) in [5, 5.41) is 10.4. The van der Waals surface area contributed by atoms with Gasteiger partial charge < -0.3 is 9.84 Å². The van der Waals surface area contributed by atoms with E-state index in [1.807, 2.05) is 43.5 Å². The van der Waals surface area contributed by atoms with Crippen LogP contribution in [-0.4, -0.2) is 33.7 Å². The van der Waals surface area contributed by atoms with Crippen LogP contribution >= 0.6 is 11.6 Å². The summed E-state index contributed by atoms with van der Waals surface area (Å²) < 4.78 is 5.49. The molecule has 4 nitrogen and oxygen atoms in total. The molecule has 2 heterocycles. The van der Waals surface area contributed by atoms with Crippen molar-refractivity contribution in [3.05, 3.63) is 54.5 Å². The minimum absolute atomic E-state index is 0.148. The number of hydrogen-bond donors (Lipinski definition) is 1. The van der Waals surface area contributed by atoms with Crippen LogP contribution in [0.5, 0.6) is 5.75 Å². The number of hydrogen-bond acceptors (Lipinski definition) is 4. The highest BCUT2D eigenvalue weighted by molar-refractivity contribution is 6.18. The lowest BCUT2D eigenvalue weighted by Crippen LogP contribution is -2.18. The zero-order valence-corrected chi connectivity index (χ0v) is 13.5. The minimum Gasteiger partial charge on any atom is -0.489 e. The normalized spacial score (nSPS) is 12.3. The van der Waals surface area contributed by atoms with Crippen molar-refractivity contribution in [1.82, 2.24) is 9.97 Å². The Hall–Kier alpha value is -2.17. The predicted octanol–water partition coefficient (Wildman–Crippen LogP) is 3.58. The van der Waals surface area contributed by atoms with Crippen molar-refractivity contribution in [2.45, 2.75) is 13.0 Å². The number of nitrogens with zero attached hydrogens (tertiary/aromatic N) is 2. The number of halogens is 1. The van der Waals surface area contributed by atoms with Crippen LogP contribution in [0.4, 0.5) is 0 Å². The van der Waals surface area contributed by atoms with Gasteiger partial charge in [0, 0.05) is 22.8 Å². The molecular formula is C18H17ClN2O2. The quantitative estimate of drug-likeness (QED) is 0.727. The highest BCUT2D eigenvalue weighted by Gasteiger charge is 2.06. The fourth-order valence-electron chi connectivity index (χ4n) is 2.24. The van der Waals surface area contributed by atoms with E-state index in [4.69, 9.17) is 16.3 Å². The molecule has 0 bridgehead atoms. The van der Waals surface area contributed by atoms with Crippen molar-refractivity contribution in [2.24, 2.45) is 0 Å². The molecule has 118 valence electrons. The number of benzene rings is 1. The molecule has 5 heteroatoms. The van der Waals surface area contributed by atoms with Gasteiger partial charge in [-0.25, -0.2) is 0 Å². The molecule has 0 radical (unpaired) electrons. The van der Waals surface area contributed by atoms with Crippen LogP contribution < -0.4 is 4.74 Å². The van der Waals surface area contributed by atoms with E-state index in [0.717, 1.165) is 27.7 Å². The van der Waals surface area contributed by atoms with E-state index in [1.54, 1.807) is 6.20 Å². The number of fused-ring (bicyclic) bond motifs is 1. The molecule has 1 unspecified atom stereocenters. The van der Waals surface area contributed by atoms with Crippen LogP contribution in [0.3, 0.4) is 0 Å². The lowest BCUT2D eigenvalue weighted by molar-refractivity contribution is 0.125. The summed E-state index contributed by atoms with van der Waals surface area (Å²) in [5.74, 6) is 0.765. The lowest BCUT2D eigenvalue weighted by atomic mass is 10.1. The Morgan fingerprint density at radius 2 is 1.91 bits per heavy atom. The molecule has 0 aliphatic carbocycles. The van der Waals surface area contributed by atoms with Gasteiger partial charge in [-0.05, 0) is 30.7 Å².